The van der Waals surface area contributed by atoms with Gasteiger partial charge in [0.25, 0.3) is 11.6 Å². The Balaban J connectivity index is 2.10. The Morgan fingerprint density at radius 3 is 2.60 bits per heavy atom. The molecule has 0 fully saturated rings. The van der Waals surface area contributed by atoms with E-state index in [0.717, 1.165) is 9.13 Å². The fourth-order valence-electron chi connectivity index (χ4n) is 1.99. The van der Waals surface area contributed by atoms with Gasteiger partial charge in [-0.2, -0.15) is 0 Å². The van der Waals surface area contributed by atoms with E-state index in [2.05, 4.69) is 33.2 Å². The van der Waals surface area contributed by atoms with E-state index in [9.17, 15) is 14.9 Å². The molecule has 2 aromatic carbocycles. The molecule has 2 N–H and O–H groups in total. The number of aryl methyl sites for hydroxylation is 1. The number of anilines is 1. The number of ether oxygens (including phenoxy) is 1. The summed E-state index contributed by atoms with van der Waals surface area (Å²) in [5.74, 6) is 0.284. The van der Waals surface area contributed by atoms with Gasteiger partial charge in [-0.05, 0) is 65.5 Å². The third-order valence-corrected chi connectivity index (χ3v) is 4.37. The molecule has 0 saturated carbocycles. The van der Waals surface area contributed by atoms with Crippen molar-refractivity contribution in [3.8, 4) is 5.75 Å². The molecule has 0 heterocycles. The van der Waals surface area contributed by atoms with Crippen LogP contribution >= 0.6 is 34.8 Å². The summed E-state index contributed by atoms with van der Waals surface area (Å²) in [6.45, 7) is 1.78. The van der Waals surface area contributed by atoms with Gasteiger partial charge in [0.15, 0.2) is 5.11 Å². The molecule has 0 saturated heterocycles. The van der Waals surface area contributed by atoms with Gasteiger partial charge < -0.3 is 10.1 Å². The number of amides is 1. The number of hydrogen-bond donors (Lipinski definition) is 2. The zero-order chi connectivity index (χ0) is 18.6. The van der Waals surface area contributed by atoms with E-state index in [1.165, 1.54) is 12.1 Å². The Morgan fingerprint density at radius 1 is 1.28 bits per heavy atom. The number of nitro benzene ring substituents is 1. The molecule has 2 aromatic rings. The minimum absolute atomic E-state index is 0.0550. The van der Waals surface area contributed by atoms with Crippen molar-refractivity contribution in [2.75, 3.05) is 12.4 Å². The van der Waals surface area contributed by atoms with Gasteiger partial charge in [0.1, 0.15) is 5.75 Å². The van der Waals surface area contributed by atoms with Gasteiger partial charge in [0, 0.05) is 23.4 Å². The van der Waals surface area contributed by atoms with Crippen molar-refractivity contribution in [3.63, 3.8) is 0 Å². The molecule has 0 aliphatic heterocycles. The number of nitro groups is 1. The highest BCUT2D eigenvalue weighted by atomic mass is 127. The minimum Gasteiger partial charge on any atom is -0.496 e. The van der Waals surface area contributed by atoms with Crippen LogP contribution in [0.2, 0.25) is 0 Å². The maximum absolute atomic E-state index is 12.3. The van der Waals surface area contributed by atoms with E-state index in [-0.39, 0.29) is 16.7 Å². The Labute approximate surface area is 163 Å². The first-order valence-corrected chi connectivity index (χ1v) is 8.51. The summed E-state index contributed by atoms with van der Waals surface area (Å²) >= 11 is 7.19. The summed E-state index contributed by atoms with van der Waals surface area (Å²) in [5, 5.41) is 16.3. The molecular weight excluding hydrogens is 457 g/mol. The van der Waals surface area contributed by atoms with Crippen molar-refractivity contribution in [1.29, 1.82) is 0 Å². The minimum atomic E-state index is -0.495. The summed E-state index contributed by atoms with van der Waals surface area (Å²) < 4.78 is 5.94. The van der Waals surface area contributed by atoms with Crippen LogP contribution < -0.4 is 15.4 Å². The number of thiocarbonyl (C=S) groups is 1. The highest BCUT2D eigenvalue weighted by Crippen LogP contribution is 2.23. The third-order valence-electron chi connectivity index (χ3n) is 3.32. The summed E-state index contributed by atoms with van der Waals surface area (Å²) in [5.41, 5.74) is 1.59. The fourth-order valence-corrected chi connectivity index (χ4v) is 2.93. The lowest BCUT2D eigenvalue weighted by atomic mass is 10.2. The molecule has 25 heavy (non-hydrogen) atoms. The first-order chi connectivity index (χ1) is 11.8. The van der Waals surface area contributed by atoms with Crippen molar-refractivity contribution in [3.05, 3.63) is 61.2 Å². The number of nitrogens with zero attached hydrogens (tertiary/aromatic N) is 1. The van der Waals surface area contributed by atoms with Crippen LogP contribution in [0, 0.1) is 20.6 Å². The topological polar surface area (TPSA) is 93.5 Å². The van der Waals surface area contributed by atoms with Gasteiger partial charge in [-0.15, -0.1) is 0 Å². The molecule has 130 valence electrons. The molecule has 0 bridgehead atoms. The number of non-ortho nitro benzene ring substituents is 1. The van der Waals surface area contributed by atoms with Crippen LogP contribution in [-0.4, -0.2) is 23.1 Å². The largest absolute Gasteiger partial charge is 0.496 e. The van der Waals surface area contributed by atoms with Gasteiger partial charge in [-0.1, -0.05) is 6.07 Å². The van der Waals surface area contributed by atoms with Gasteiger partial charge in [0.2, 0.25) is 0 Å². The molecule has 7 nitrogen and oxygen atoms in total. The number of methoxy groups -OCH3 is 1. The predicted octanol–water partition coefficient (Wildman–Crippen LogP) is 3.64. The Bertz CT molecular complexity index is 857. The molecule has 0 spiro atoms. The van der Waals surface area contributed by atoms with Crippen molar-refractivity contribution in [1.82, 2.24) is 5.32 Å². The molecule has 0 aliphatic rings. The number of hydrogen-bond acceptors (Lipinski definition) is 5. The van der Waals surface area contributed by atoms with E-state index < -0.39 is 4.92 Å². The van der Waals surface area contributed by atoms with Crippen LogP contribution in [-0.2, 0) is 0 Å². The monoisotopic (exact) mass is 471 g/mol. The Kier molecular flexibility index (Phi) is 6.26. The second kappa shape index (κ2) is 8.21. The lowest BCUT2D eigenvalue weighted by molar-refractivity contribution is -0.384. The van der Waals surface area contributed by atoms with Crippen LogP contribution in [0.5, 0.6) is 5.75 Å². The molecule has 0 radical (unpaired) electrons. The van der Waals surface area contributed by atoms with Crippen molar-refractivity contribution in [2.24, 2.45) is 0 Å². The second-order valence-corrected chi connectivity index (χ2v) is 6.58. The van der Waals surface area contributed by atoms with Crippen LogP contribution in [0.25, 0.3) is 0 Å². The van der Waals surface area contributed by atoms with Crippen molar-refractivity contribution < 1.29 is 14.5 Å². The van der Waals surface area contributed by atoms with Gasteiger partial charge in [-0.25, -0.2) is 0 Å². The van der Waals surface area contributed by atoms with Crippen LogP contribution in [0.15, 0.2) is 36.4 Å². The summed E-state index contributed by atoms with van der Waals surface area (Å²) in [6.07, 6.45) is 0. The van der Waals surface area contributed by atoms with E-state index in [4.69, 9.17) is 17.0 Å². The van der Waals surface area contributed by atoms with Gasteiger partial charge >= 0.3 is 0 Å². The molecular formula is C16H14IN3O4S. The zero-order valence-electron chi connectivity index (χ0n) is 13.3. The zero-order valence-corrected chi connectivity index (χ0v) is 16.3. The molecule has 1 amide bonds. The quantitative estimate of drug-likeness (QED) is 0.306. The first-order valence-electron chi connectivity index (χ1n) is 7.02. The molecule has 0 aromatic heterocycles. The standard InChI is InChI=1S/C16H14IN3O4S/c1-9-3-5-11(20(22)23)8-13(9)18-16(25)19-15(21)10-4-6-14(24-2)12(17)7-10/h3-8H,1-2H3,(H2,18,19,21,25). The highest BCUT2D eigenvalue weighted by molar-refractivity contribution is 14.1. The van der Waals surface area contributed by atoms with E-state index >= 15 is 0 Å². The van der Waals surface area contributed by atoms with Gasteiger partial charge in [0.05, 0.1) is 15.6 Å². The number of rotatable bonds is 4. The number of carbonyl (C=O) groups excluding carboxylic acids is 1. The molecule has 0 atom stereocenters. The average Bonchev–Trinajstić information content (AvgIpc) is 2.56. The fraction of sp³-hybridized carbons (Fsp3) is 0.125. The maximum atomic E-state index is 12.3. The number of benzene rings is 2. The van der Waals surface area contributed by atoms with Crippen LogP contribution in [0.1, 0.15) is 15.9 Å². The average molecular weight is 471 g/mol. The number of halogens is 1. The molecule has 0 unspecified atom stereocenters. The Morgan fingerprint density at radius 2 is 2.00 bits per heavy atom. The predicted molar refractivity (Wildman–Crippen MR) is 107 cm³/mol. The smallest absolute Gasteiger partial charge is 0.271 e. The molecule has 2 rings (SSSR count). The summed E-state index contributed by atoms with van der Waals surface area (Å²) in [7, 11) is 1.55. The number of nitrogens with one attached hydrogen (secondary N) is 2. The summed E-state index contributed by atoms with van der Waals surface area (Å²) in [4.78, 5) is 22.6. The lowest BCUT2D eigenvalue weighted by Crippen LogP contribution is -2.34. The highest BCUT2D eigenvalue weighted by Gasteiger charge is 2.13. The normalized spacial score (nSPS) is 10.0. The molecule has 0 aliphatic carbocycles. The number of carbonyl (C=O) groups is 1. The maximum Gasteiger partial charge on any atom is 0.271 e. The second-order valence-electron chi connectivity index (χ2n) is 5.01. The lowest BCUT2D eigenvalue weighted by Gasteiger charge is -2.12. The van der Waals surface area contributed by atoms with Gasteiger partial charge in [-0.3, -0.25) is 20.2 Å². The van der Waals surface area contributed by atoms with E-state index in [0.29, 0.717) is 17.0 Å². The van der Waals surface area contributed by atoms with Crippen molar-refractivity contribution >= 4 is 57.2 Å². The van der Waals surface area contributed by atoms with Crippen LogP contribution in [0.4, 0.5) is 11.4 Å². The van der Waals surface area contributed by atoms with E-state index in [1.54, 1.807) is 38.3 Å². The molecule has 9 heteroatoms. The first kappa shape index (κ1) is 19.1. The third kappa shape index (κ3) is 4.86. The summed E-state index contributed by atoms with van der Waals surface area (Å²) in [6, 6.07) is 9.37. The SMILES string of the molecule is COc1ccc(C(=O)NC(=S)Nc2cc([N+](=O)[O-])ccc2C)cc1I. The van der Waals surface area contributed by atoms with Crippen LogP contribution in [0.3, 0.4) is 0 Å². The van der Waals surface area contributed by atoms with Crippen molar-refractivity contribution in [2.45, 2.75) is 6.92 Å². The Hall–Kier alpha value is -2.27. The van der Waals surface area contributed by atoms with E-state index in [1.807, 2.05) is 0 Å².